The Bertz CT molecular complexity index is 268. The van der Waals surface area contributed by atoms with Crippen molar-refractivity contribution in [2.75, 3.05) is 5.75 Å². The van der Waals surface area contributed by atoms with Crippen LogP contribution < -0.4 is 5.32 Å². The quantitative estimate of drug-likeness (QED) is 0.656. The lowest BCUT2D eigenvalue weighted by molar-refractivity contribution is -0.140. The van der Waals surface area contributed by atoms with Crippen molar-refractivity contribution in [2.45, 2.75) is 13.0 Å². The maximum atomic E-state index is 10.5. The van der Waals surface area contributed by atoms with Crippen LogP contribution in [-0.2, 0) is 18.7 Å². The second-order valence-electron chi connectivity index (χ2n) is 2.11. The Morgan fingerprint density at radius 2 is 2.08 bits per heavy atom. The molecule has 0 fully saturated rings. The molecule has 0 aromatic rings. The number of carbonyl (C=O) groups excluding carboxylic acids is 1. The molecule has 0 aliphatic rings. The summed E-state index contributed by atoms with van der Waals surface area (Å²) < 4.78 is 20.2. The highest BCUT2D eigenvalue weighted by Crippen LogP contribution is 2.25. The van der Waals surface area contributed by atoms with Crippen LogP contribution >= 0.6 is 18.3 Å². The average Bonchev–Trinajstić information content (AvgIpc) is 1.96. The predicted molar refractivity (Wildman–Crippen MR) is 46.0 cm³/mol. The number of nitrogens with one attached hydrogen (secondary N) is 1. The maximum absolute atomic E-state index is 10.5. The van der Waals surface area contributed by atoms with Gasteiger partial charge in [0.15, 0.2) is 0 Å². The number of aliphatic carboxylic acids is 1. The zero-order chi connectivity index (χ0) is 10.4. The molecule has 6 nitrogen and oxygen atoms in total. The third kappa shape index (κ3) is 6.36. The molecule has 8 heteroatoms. The lowest BCUT2D eigenvalue weighted by Gasteiger charge is -2.09. The van der Waals surface area contributed by atoms with Crippen LogP contribution in [0.4, 0.5) is 0 Å². The van der Waals surface area contributed by atoms with Crippen molar-refractivity contribution in [3.05, 3.63) is 0 Å². The van der Waals surface area contributed by atoms with E-state index in [2.05, 4.69) is 5.32 Å². The minimum Gasteiger partial charge on any atom is -0.480 e. The Morgan fingerprint density at radius 3 is 2.38 bits per heavy atom. The van der Waals surface area contributed by atoms with Crippen LogP contribution in [0.15, 0.2) is 0 Å². The summed E-state index contributed by atoms with van der Waals surface area (Å²) in [5, 5.41) is 10.6. The van der Waals surface area contributed by atoms with Gasteiger partial charge in [0.25, 0.3) is 0 Å². The Hall–Kier alpha value is -0.810. The van der Waals surface area contributed by atoms with Gasteiger partial charge < -0.3 is 10.4 Å². The molecule has 0 rings (SSSR count). The van der Waals surface area contributed by atoms with Crippen LogP contribution in [-0.4, -0.2) is 28.8 Å². The number of carbonyl (C=O) groups is 2. The van der Waals surface area contributed by atoms with E-state index < -0.39 is 24.8 Å². The monoisotopic (exact) mass is 225 g/mol. The fourth-order valence-corrected chi connectivity index (χ4v) is 1.86. The molecule has 0 saturated heterocycles. The van der Waals surface area contributed by atoms with Crippen LogP contribution in [0.3, 0.4) is 0 Å². The van der Waals surface area contributed by atoms with E-state index in [9.17, 15) is 18.7 Å². The van der Waals surface area contributed by atoms with Crippen molar-refractivity contribution in [2.24, 2.45) is 0 Å². The molecule has 0 radical (unpaired) electrons. The number of carboxylic acid groups (broad SMARTS) is 1. The second-order valence-corrected chi connectivity index (χ2v) is 4.82. The van der Waals surface area contributed by atoms with Crippen LogP contribution in [0.25, 0.3) is 0 Å². The Kier molecular flexibility index (Phi) is 5.41. The van der Waals surface area contributed by atoms with Crippen molar-refractivity contribution < 1.29 is 23.8 Å². The molecule has 0 saturated carbocycles. The first-order chi connectivity index (χ1) is 5.93. The molecule has 0 aromatic carbocycles. The largest absolute Gasteiger partial charge is 0.480 e. The van der Waals surface area contributed by atoms with E-state index in [0.29, 0.717) is 11.4 Å². The third-order valence-electron chi connectivity index (χ3n) is 1.02. The summed E-state index contributed by atoms with van der Waals surface area (Å²) >= 11 is 0.468. The normalized spacial score (nSPS) is 11.8. The van der Waals surface area contributed by atoms with Crippen molar-refractivity contribution in [3.8, 4) is 0 Å². The van der Waals surface area contributed by atoms with E-state index in [1.54, 1.807) is 0 Å². The number of amides is 1. The molecule has 0 aromatic heterocycles. The van der Waals surface area contributed by atoms with E-state index in [4.69, 9.17) is 5.11 Å². The van der Waals surface area contributed by atoms with Crippen LogP contribution in [0.1, 0.15) is 6.92 Å². The summed E-state index contributed by atoms with van der Waals surface area (Å²) in [6.45, 7) is -1.52. The lowest BCUT2D eigenvalue weighted by atomic mass is 10.3. The zero-order valence-electron chi connectivity index (χ0n) is 6.72. The highest BCUT2D eigenvalue weighted by molar-refractivity contribution is 8.47. The number of hydrogen-bond acceptors (Lipinski definition) is 5. The molecule has 1 atom stereocenters. The standard InChI is InChI=1S/C5H8NO5PS/c1-3(7)6-4(5(8)9)2-13-12(10)11/h4H,2H2,1H3,(H,6,7)(H,8,9)/t4-/m0/s1. The van der Waals surface area contributed by atoms with Gasteiger partial charge in [0.1, 0.15) is 6.04 Å². The molecule has 0 aliphatic carbocycles. The molecular formula is C5H8NO5PS. The van der Waals surface area contributed by atoms with E-state index in [1.807, 2.05) is 0 Å². The SMILES string of the molecule is CC(=O)N[C@@H](CSP(=O)=O)C(=O)O. The average molecular weight is 225 g/mol. The minimum absolute atomic E-state index is 0.187. The summed E-state index contributed by atoms with van der Waals surface area (Å²) in [4.78, 5) is 20.9. The fraction of sp³-hybridized carbons (Fsp3) is 0.600. The van der Waals surface area contributed by atoms with Crippen LogP contribution in [0, 0.1) is 0 Å². The van der Waals surface area contributed by atoms with Crippen LogP contribution in [0.2, 0.25) is 0 Å². The molecule has 0 unspecified atom stereocenters. The van der Waals surface area contributed by atoms with Gasteiger partial charge in [-0.05, 0) is 11.4 Å². The summed E-state index contributed by atoms with van der Waals surface area (Å²) in [6.07, 6.45) is 0. The summed E-state index contributed by atoms with van der Waals surface area (Å²) in [5.41, 5.74) is 0. The highest BCUT2D eigenvalue weighted by Gasteiger charge is 2.18. The number of carboxylic acids is 1. The summed E-state index contributed by atoms with van der Waals surface area (Å²) in [5.74, 6) is -1.94. The van der Waals surface area contributed by atoms with Crippen molar-refractivity contribution >= 4 is 30.1 Å². The van der Waals surface area contributed by atoms with Gasteiger partial charge in [-0.15, -0.1) is 0 Å². The molecule has 1 amide bonds. The molecule has 0 spiro atoms. The predicted octanol–water partition coefficient (Wildman–Crippen LogP) is 0.397. The van der Waals surface area contributed by atoms with E-state index in [0.717, 1.165) is 6.92 Å². The Balaban J connectivity index is 4.10. The molecule has 0 aliphatic heterocycles. The van der Waals surface area contributed by atoms with Crippen molar-refractivity contribution in [1.29, 1.82) is 0 Å². The second kappa shape index (κ2) is 5.77. The maximum Gasteiger partial charge on any atom is 0.378 e. The smallest absolute Gasteiger partial charge is 0.378 e. The summed E-state index contributed by atoms with van der Waals surface area (Å²) in [6, 6.07) is -1.16. The Morgan fingerprint density at radius 1 is 1.54 bits per heavy atom. The first-order valence-corrected chi connectivity index (χ1v) is 5.97. The molecule has 0 heterocycles. The van der Waals surface area contributed by atoms with E-state index in [-0.39, 0.29) is 5.75 Å². The molecule has 0 bridgehead atoms. The lowest BCUT2D eigenvalue weighted by Crippen LogP contribution is -2.41. The molecule has 2 N–H and O–H groups in total. The topological polar surface area (TPSA) is 101 Å². The fourth-order valence-electron chi connectivity index (χ4n) is 0.555. The zero-order valence-corrected chi connectivity index (χ0v) is 8.43. The third-order valence-corrected chi connectivity index (χ3v) is 2.80. The van der Waals surface area contributed by atoms with Gasteiger partial charge in [0.2, 0.25) is 5.91 Å². The first kappa shape index (κ1) is 12.2. The van der Waals surface area contributed by atoms with Gasteiger partial charge in [-0.1, -0.05) is 0 Å². The van der Waals surface area contributed by atoms with Crippen molar-refractivity contribution in [1.82, 2.24) is 5.32 Å². The van der Waals surface area contributed by atoms with E-state index >= 15 is 0 Å². The summed E-state index contributed by atoms with van der Waals surface area (Å²) in [7, 11) is 0. The minimum atomic E-state index is -2.68. The van der Waals surface area contributed by atoms with Gasteiger partial charge in [-0.2, -0.15) is 0 Å². The van der Waals surface area contributed by atoms with Gasteiger partial charge in [-0.25, -0.2) is 13.9 Å². The van der Waals surface area contributed by atoms with Gasteiger partial charge >= 0.3 is 12.9 Å². The molecular weight excluding hydrogens is 217 g/mol. The highest BCUT2D eigenvalue weighted by atomic mass is 32.7. The van der Waals surface area contributed by atoms with E-state index in [1.165, 1.54) is 0 Å². The molecule has 13 heavy (non-hydrogen) atoms. The van der Waals surface area contributed by atoms with Gasteiger partial charge in [0, 0.05) is 12.7 Å². The Labute approximate surface area is 78.6 Å². The van der Waals surface area contributed by atoms with Gasteiger partial charge in [-0.3, -0.25) is 4.79 Å². The number of hydrogen-bond donors (Lipinski definition) is 2. The van der Waals surface area contributed by atoms with Crippen molar-refractivity contribution in [3.63, 3.8) is 0 Å². The van der Waals surface area contributed by atoms with Crippen LogP contribution in [0.5, 0.6) is 0 Å². The van der Waals surface area contributed by atoms with Gasteiger partial charge in [0.05, 0.1) is 0 Å². The first-order valence-electron chi connectivity index (χ1n) is 3.20. The number of rotatable bonds is 5. The molecule has 74 valence electrons.